The fraction of sp³-hybridized carbons (Fsp3) is 0.424. The summed E-state index contributed by atoms with van der Waals surface area (Å²) in [7, 11) is 0. The SMILES string of the molecule is Nc1nc(/C(=N/O[C@@H](CC(=O)O)C(=O)O)C(=O)N[C@@H]2C(=O)N3C(C(=O)O)=C(C[N+]45CCC(CCNC(=O)/C(=N/O)c6ccc(O)c(O)c6Cl)(CC4)C5)CS[C@H]23)cs1. The molecule has 0 saturated carbocycles. The number of anilines is 1. The van der Waals surface area contributed by atoms with Crippen molar-refractivity contribution in [3.8, 4) is 11.5 Å². The van der Waals surface area contributed by atoms with Gasteiger partial charge in [-0.25, -0.2) is 14.6 Å². The van der Waals surface area contributed by atoms with Crippen LogP contribution in [0.4, 0.5) is 5.13 Å². The van der Waals surface area contributed by atoms with Crippen LogP contribution in [-0.2, 0) is 33.6 Å². The number of hydrogen-bond acceptors (Lipinski definition) is 16. The number of aliphatic carboxylic acids is 3. The molecule has 1 aromatic heterocycles. The number of carboxylic acid groups (broad SMARTS) is 3. The monoisotopic (exact) mass is 851 g/mol. The number of nitrogen functional groups attached to an aromatic ring is 1. The number of nitrogens with two attached hydrogens (primary N) is 1. The van der Waals surface area contributed by atoms with Crippen molar-refractivity contribution in [1.29, 1.82) is 0 Å². The van der Waals surface area contributed by atoms with Crippen LogP contribution in [0.15, 0.2) is 39.1 Å². The maximum Gasteiger partial charge on any atom is 0.352 e. The number of carbonyl (C=O) groups excluding carboxylic acids is 3. The molecule has 2 bridgehead atoms. The molecule has 4 aliphatic rings. The van der Waals surface area contributed by atoms with Crippen LogP contribution in [0.1, 0.15) is 36.9 Å². The maximum absolute atomic E-state index is 13.5. The molecule has 3 saturated heterocycles. The number of nitrogens with zero attached hydrogens (tertiary/aromatic N) is 5. The zero-order valence-electron chi connectivity index (χ0n) is 29.6. The number of thiazole rings is 1. The number of amides is 3. The predicted molar refractivity (Wildman–Crippen MR) is 200 cm³/mol. The van der Waals surface area contributed by atoms with Crippen molar-refractivity contribution in [1.82, 2.24) is 20.5 Å². The molecule has 24 heteroatoms. The van der Waals surface area contributed by atoms with Crippen LogP contribution in [0.25, 0.3) is 0 Å². The number of aromatic hydroxyl groups is 2. The highest BCUT2D eigenvalue weighted by Gasteiger charge is 2.58. The lowest BCUT2D eigenvalue weighted by Gasteiger charge is -2.50. The first-order valence-corrected chi connectivity index (χ1v) is 19.5. The predicted octanol–water partition coefficient (Wildman–Crippen LogP) is 0.173. The fourth-order valence-electron chi connectivity index (χ4n) is 7.70. The van der Waals surface area contributed by atoms with Gasteiger partial charge in [-0.15, -0.1) is 23.1 Å². The van der Waals surface area contributed by atoms with Crippen LogP contribution < -0.4 is 16.4 Å². The normalized spacial score (nSPS) is 24.7. The van der Waals surface area contributed by atoms with Gasteiger partial charge in [-0.2, -0.15) is 0 Å². The van der Waals surface area contributed by atoms with Crippen molar-refractivity contribution in [2.24, 2.45) is 15.7 Å². The van der Waals surface area contributed by atoms with Crippen LogP contribution in [0.2, 0.25) is 5.02 Å². The van der Waals surface area contributed by atoms with E-state index in [0.29, 0.717) is 29.6 Å². The lowest BCUT2D eigenvalue weighted by molar-refractivity contribution is -0.905. The number of rotatable bonds is 16. The Morgan fingerprint density at radius 1 is 1.12 bits per heavy atom. The third kappa shape index (κ3) is 8.13. The highest BCUT2D eigenvalue weighted by molar-refractivity contribution is 8.00. The quantitative estimate of drug-likeness (QED) is 0.0271. The molecule has 3 fully saturated rings. The Hall–Kier alpha value is -5.65. The summed E-state index contributed by atoms with van der Waals surface area (Å²) in [5, 5.41) is 69.8. The molecular weight excluding hydrogens is 816 g/mol. The molecule has 4 aliphatic heterocycles. The van der Waals surface area contributed by atoms with E-state index in [0.717, 1.165) is 48.2 Å². The number of hydrogen-bond donors (Lipinski definition) is 9. The van der Waals surface area contributed by atoms with Gasteiger partial charge in [-0.3, -0.25) is 24.1 Å². The average Bonchev–Trinajstić information content (AvgIpc) is 3.86. The zero-order chi connectivity index (χ0) is 41.4. The Morgan fingerprint density at radius 3 is 2.46 bits per heavy atom. The molecular formula is C33H36ClN8O13S2+. The van der Waals surface area contributed by atoms with E-state index in [-0.39, 0.29) is 44.8 Å². The minimum absolute atomic E-state index is 0.0246. The molecule has 0 radical (unpaired) electrons. The van der Waals surface area contributed by atoms with E-state index in [1.807, 2.05) is 0 Å². The maximum atomic E-state index is 13.5. The van der Waals surface area contributed by atoms with Gasteiger partial charge < -0.3 is 56.4 Å². The van der Waals surface area contributed by atoms with Crippen molar-refractivity contribution in [3.05, 3.63) is 45.1 Å². The number of phenols is 2. The van der Waals surface area contributed by atoms with Crippen LogP contribution in [0.5, 0.6) is 11.5 Å². The number of carbonyl (C=O) groups is 6. The van der Waals surface area contributed by atoms with E-state index in [9.17, 15) is 54.4 Å². The summed E-state index contributed by atoms with van der Waals surface area (Å²) >= 11 is 8.23. The van der Waals surface area contributed by atoms with Gasteiger partial charge in [0.15, 0.2) is 28.1 Å². The van der Waals surface area contributed by atoms with E-state index in [1.54, 1.807) is 0 Å². The van der Waals surface area contributed by atoms with Crippen molar-refractivity contribution < 1.29 is 68.8 Å². The number of aromatic nitrogens is 1. The molecule has 0 spiro atoms. The second-order valence-corrected chi connectivity index (χ2v) is 16.4. The Kier molecular flexibility index (Phi) is 11.6. The number of β-lactam (4-membered cyclic amide) rings is 1. The summed E-state index contributed by atoms with van der Waals surface area (Å²) in [6, 6.07) is 1.14. The molecule has 3 amide bonds. The molecule has 6 rings (SSSR count). The van der Waals surface area contributed by atoms with Gasteiger partial charge in [0.25, 0.3) is 17.7 Å². The number of halogens is 1. The largest absolute Gasteiger partial charge is 0.504 e. The molecule has 1 aromatic carbocycles. The lowest BCUT2D eigenvalue weighted by Crippen LogP contribution is -2.71. The van der Waals surface area contributed by atoms with E-state index in [2.05, 4.69) is 25.9 Å². The first-order chi connectivity index (χ1) is 27.0. The van der Waals surface area contributed by atoms with Gasteiger partial charge in [0, 0.05) is 47.1 Å². The number of quaternary nitrogens is 1. The van der Waals surface area contributed by atoms with Crippen molar-refractivity contribution in [2.45, 2.75) is 43.2 Å². The molecule has 21 nitrogen and oxygen atoms in total. The molecule has 57 heavy (non-hydrogen) atoms. The van der Waals surface area contributed by atoms with Gasteiger partial charge >= 0.3 is 17.9 Å². The number of fused-ring (bicyclic) bond motifs is 3. The number of oxime groups is 2. The second kappa shape index (κ2) is 16.1. The zero-order valence-corrected chi connectivity index (χ0v) is 32.0. The van der Waals surface area contributed by atoms with E-state index >= 15 is 0 Å². The molecule has 304 valence electrons. The average molecular weight is 852 g/mol. The summed E-state index contributed by atoms with van der Waals surface area (Å²) in [5.74, 6) is -7.86. The summed E-state index contributed by atoms with van der Waals surface area (Å²) in [4.78, 5) is 85.1. The van der Waals surface area contributed by atoms with Gasteiger partial charge in [0.2, 0.25) is 6.10 Å². The first-order valence-electron chi connectivity index (χ1n) is 17.2. The summed E-state index contributed by atoms with van der Waals surface area (Å²) < 4.78 is 0.578. The molecule has 10 N–H and O–H groups in total. The smallest absolute Gasteiger partial charge is 0.352 e. The fourth-order valence-corrected chi connectivity index (χ4v) is 9.84. The molecule has 0 aliphatic carbocycles. The number of phenolic OH excluding ortho intramolecular Hbond substituents is 2. The minimum Gasteiger partial charge on any atom is -0.504 e. The Morgan fingerprint density at radius 2 is 1.84 bits per heavy atom. The number of benzene rings is 1. The van der Waals surface area contributed by atoms with Crippen LogP contribution >= 0.6 is 34.7 Å². The molecule has 5 heterocycles. The van der Waals surface area contributed by atoms with Gasteiger partial charge in [-0.1, -0.05) is 21.9 Å². The molecule has 2 aromatic rings. The third-order valence-electron chi connectivity index (χ3n) is 10.5. The Bertz CT molecular complexity index is 2130. The molecule has 3 atom stereocenters. The minimum atomic E-state index is -1.95. The van der Waals surface area contributed by atoms with Gasteiger partial charge in [0.05, 0.1) is 31.1 Å². The third-order valence-corrected chi connectivity index (χ3v) is 12.9. The standard InChI is InChI=1S/C33H35ClN8O13S2/c34-20-15(1-2-17(43)25(20)46)21(39-54)26(47)36-6-3-33-4-7-42(13-33,8-5-33)10-14-11-56-29-23(28(49)41(29)24(14)31(52)53)38-27(48)22(16-12-57-32(35)37-16)40-55-18(30(50)51)9-19(44)45/h1-2,12,18,23,29H,3-11,13H2,(H9-,35,36,37,38,39,40,43,44,45,46,47,48,50,51,52,53,54)/p+1/t18-,23+,29+,33?,42?/m0/s1. The van der Waals surface area contributed by atoms with Crippen molar-refractivity contribution in [2.75, 3.05) is 44.2 Å². The van der Waals surface area contributed by atoms with Crippen LogP contribution in [-0.4, -0.2) is 148 Å². The van der Waals surface area contributed by atoms with E-state index < -0.39 is 82.5 Å². The highest BCUT2D eigenvalue weighted by Crippen LogP contribution is 2.50. The van der Waals surface area contributed by atoms with Crippen LogP contribution in [0.3, 0.4) is 0 Å². The van der Waals surface area contributed by atoms with Crippen molar-refractivity contribution >= 4 is 86.9 Å². The topological polar surface area (TPSA) is 324 Å². The number of carboxylic acids is 3. The lowest BCUT2D eigenvalue weighted by atomic mass is 9.81. The summed E-state index contributed by atoms with van der Waals surface area (Å²) in [5.41, 5.74) is 4.67. The van der Waals surface area contributed by atoms with Crippen LogP contribution in [0, 0.1) is 5.41 Å². The Balaban J connectivity index is 1.10. The Labute approximate surface area is 335 Å². The number of nitrogens with one attached hydrogen (secondary N) is 2. The van der Waals surface area contributed by atoms with E-state index in [1.165, 1.54) is 23.2 Å². The highest BCUT2D eigenvalue weighted by atomic mass is 35.5. The van der Waals surface area contributed by atoms with E-state index in [4.69, 9.17) is 27.3 Å². The molecule has 0 unspecified atom stereocenters. The van der Waals surface area contributed by atoms with Crippen molar-refractivity contribution in [3.63, 3.8) is 0 Å². The van der Waals surface area contributed by atoms with Gasteiger partial charge in [-0.05, 0) is 18.6 Å². The number of piperidine rings is 1. The summed E-state index contributed by atoms with van der Waals surface area (Å²) in [6.45, 7) is 2.74. The number of thioether (sulfide) groups is 1. The van der Waals surface area contributed by atoms with Gasteiger partial charge in [0.1, 0.15) is 29.4 Å². The second-order valence-electron chi connectivity index (χ2n) is 14.0. The summed E-state index contributed by atoms with van der Waals surface area (Å²) in [6.07, 6.45) is -0.755. The first kappa shape index (κ1) is 41.0.